The van der Waals surface area contributed by atoms with Gasteiger partial charge in [0.2, 0.25) is 0 Å². The summed E-state index contributed by atoms with van der Waals surface area (Å²) in [4.78, 5) is 21.7. The van der Waals surface area contributed by atoms with Gasteiger partial charge in [-0.05, 0) is 44.5 Å². The highest BCUT2D eigenvalue weighted by atomic mass is 19.1. The van der Waals surface area contributed by atoms with Crippen molar-refractivity contribution in [3.05, 3.63) is 53.7 Å². The van der Waals surface area contributed by atoms with Gasteiger partial charge in [0.1, 0.15) is 22.9 Å². The Kier molecular flexibility index (Phi) is 5.79. The Morgan fingerprint density at radius 1 is 1.11 bits per heavy atom. The molecule has 2 aliphatic rings. The van der Waals surface area contributed by atoms with E-state index in [-0.39, 0.29) is 11.6 Å². The summed E-state index contributed by atoms with van der Waals surface area (Å²) in [5.41, 5.74) is 4.35. The van der Waals surface area contributed by atoms with Crippen LogP contribution in [0.5, 0.6) is 5.75 Å². The molecule has 4 aromatic rings. The van der Waals surface area contributed by atoms with Crippen molar-refractivity contribution in [2.75, 3.05) is 45.2 Å². The van der Waals surface area contributed by atoms with Crippen LogP contribution in [-0.2, 0) is 0 Å². The van der Waals surface area contributed by atoms with Gasteiger partial charge in [0.15, 0.2) is 0 Å². The first-order chi connectivity index (χ1) is 17.9. The van der Waals surface area contributed by atoms with Gasteiger partial charge in [-0.25, -0.2) is 14.1 Å². The SMILES string of the molecule is COc1cc2ncc(-c3cn(-c4cc(C(=O)NC5CC5)c(F)cc4C)nn3)n2cc1N1CCN(C)CC1. The average molecular weight is 505 g/mol. The normalized spacial score (nSPS) is 16.4. The molecule has 1 aromatic carbocycles. The van der Waals surface area contributed by atoms with E-state index < -0.39 is 11.7 Å². The minimum Gasteiger partial charge on any atom is -0.494 e. The number of halogens is 1. The number of carbonyl (C=O) groups excluding carboxylic acids is 1. The predicted molar refractivity (Wildman–Crippen MR) is 137 cm³/mol. The van der Waals surface area contributed by atoms with Gasteiger partial charge in [-0.3, -0.25) is 9.20 Å². The predicted octanol–water partition coefficient (Wildman–Crippen LogP) is 2.68. The molecule has 1 aliphatic carbocycles. The maximum Gasteiger partial charge on any atom is 0.254 e. The number of anilines is 1. The Hall–Kier alpha value is -3.99. The van der Waals surface area contributed by atoms with Crippen LogP contribution < -0.4 is 15.0 Å². The molecule has 0 bridgehead atoms. The van der Waals surface area contributed by atoms with Crippen LogP contribution in [0.1, 0.15) is 28.8 Å². The van der Waals surface area contributed by atoms with Crippen LogP contribution in [0.3, 0.4) is 0 Å². The number of benzene rings is 1. The highest BCUT2D eigenvalue weighted by Gasteiger charge is 2.26. The number of aromatic nitrogens is 5. The Balaban J connectivity index is 1.36. The number of nitrogens with zero attached hydrogens (tertiary/aromatic N) is 7. The van der Waals surface area contributed by atoms with E-state index in [1.54, 1.807) is 31.1 Å². The number of hydrogen-bond donors (Lipinski definition) is 1. The largest absolute Gasteiger partial charge is 0.494 e. The van der Waals surface area contributed by atoms with E-state index in [4.69, 9.17) is 4.74 Å². The van der Waals surface area contributed by atoms with Crippen molar-refractivity contribution in [2.24, 2.45) is 0 Å². The molecule has 0 unspecified atom stereocenters. The summed E-state index contributed by atoms with van der Waals surface area (Å²) in [5, 5.41) is 11.5. The van der Waals surface area contributed by atoms with Crippen LogP contribution >= 0.6 is 0 Å². The third-order valence-electron chi connectivity index (χ3n) is 7.10. The van der Waals surface area contributed by atoms with Crippen molar-refractivity contribution in [1.29, 1.82) is 0 Å². The molecule has 0 atom stereocenters. The number of imidazole rings is 1. The molecule has 0 radical (unpaired) electrons. The molecular formula is C26H29FN8O2. The van der Waals surface area contributed by atoms with Crippen LogP contribution in [0, 0.1) is 12.7 Å². The number of hydrogen-bond acceptors (Lipinski definition) is 7. The Bertz CT molecular complexity index is 1480. The van der Waals surface area contributed by atoms with Gasteiger partial charge in [0.05, 0.1) is 42.1 Å². The molecule has 10 nitrogen and oxygen atoms in total. The number of fused-ring (bicyclic) bond motifs is 1. The summed E-state index contributed by atoms with van der Waals surface area (Å²) < 4.78 is 23.9. The van der Waals surface area contributed by atoms with E-state index in [0.29, 0.717) is 16.9 Å². The molecular weight excluding hydrogens is 475 g/mol. The number of methoxy groups -OCH3 is 1. The molecule has 4 heterocycles. The lowest BCUT2D eigenvalue weighted by Gasteiger charge is -2.34. The molecule has 3 aromatic heterocycles. The van der Waals surface area contributed by atoms with Crippen molar-refractivity contribution < 1.29 is 13.9 Å². The molecule has 1 saturated carbocycles. The average Bonchev–Trinajstić information content (AvgIpc) is 3.40. The van der Waals surface area contributed by atoms with Crippen molar-refractivity contribution >= 4 is 17.2 Å². The van der Waals surface area contributed by atoms with Crippen LogP contribution in [0.25, 0.3) is 22.7 Å². The molecule has 1 aliphatic heterocycles. The number of rotatable bonds is 6. The quantitative estimate of drug-likeness (QED) is 0.432. The Morgan fingerprint density at radius 2 is 1.89 bits per heavy atom. The zero-order valence-electron chi connectivity index (χ0n) is 21.1. The Labute approximate surface area is 213 Å². The maximum atomic E-state index is 14.6. The summed E-state index contributed by atoms with van der Waals surface area (Å²) >= 11 is 0. The van der Waals surface area contributed by atoms with E-state index in [9.17, 15) is 9.18 Å². The standard InChI is InChI=1S/C26H29FN8O2/c1-16-10-19(27)18(26(36)29-17-4-5-17)11-21(16)35-14-20(30-31-35)22-13-28-25-12-24(37-3)23(15-34(22)25)33-8-6-32(2)7-9-33/h10-15,17H,4-9H2,1-3H3,(H,29,36). The lowest BCUT2D eigenvalue weighted by atomic mass is 10.1. The fourth-order valence-electron chi connectivity index (χ4n) is 4.70. The zero-order chi connectivity index (χ0) is 25.7. The minimum atomic E-state index is -0.549. The fraction of sp³-hybridized carbons (Fsp3) is 0.385. The molecule has 6 rings (SSSR count). The molecule has 37 heavy (non-hydrogen) atoms. The fourth-order valence-corrected chi connectivity index (χ4v) is 4.70. The van der Waals surface area contributed by atoms with Gasteiger partial charge in [-0.1, -0.05) is 5.21 Å². The maximum absolute atomic E-state index is 14.6. The highest BCUT2D eigenvalue weighted by molar-refractivity contribution is 5.95. The molecule has 1 saturated heterocycles. The molecule has 1 amide bonds. The molecule has 1 N–H and O–H groups in total. The van der Waals surface area contributed by atoms with Crippen LogP contribution in [-0.4, -0.2) is 81.6 Å². The van der Waals surface area contributed by atoms with Gasteiger partial charge in [0.25, 0.3) is 5.91 Å². The number of piperazine rings is 1. The topological polar surface area (TPSA) is 92.8 Å². The number of aryl methyl sites for hydroxylation is 1. The highest BCUT2D eigenvalue weighted by Crippen LogP contribution is 2.32. The van der Waals surface area contributed by atoms with Crippen molar-refractivity contribution in [3.8, 4) is 22.8 Å². The summed E-state index contributed by atoms with van der Waals surface area (Å²) in [5.74, 6) is -0.183. The van der Waals surface area contributed by atoms with Crippen LogP contribution in [0.15, 0.2) is 36.8 Å². The smallest absolute Gasteiger partial charge is 0.254 e. The van der Waals surface area contributed by atoms with Crippen LogP contribution in [0.4, 0.5) is 10.1 Å². The number of ether oxygens (including phenoxy) is 1. The van der Waals surface area contributed by atoms with Crippen molar-refractivity contribution in [3.63, 3.8) is 0 Å². The van der Waals surface area contributed by atoms with E-state index >= 15 is 0 Å². The monoisotopic (exact) mass is 504 g/mol. The van der Waals surface area contributed by atoms with E-state index in [1.165, 1.54) is 12.1 Å². The molecule has 192 valence electrons. The molecule has 2 fully saturated rings. The first-order valence-electron chi connectivity index (χ1n) is 12.4. The summed E-state index contributed by atoms with van der Waals surface area (Å²) in [7, 11) is 3.80. The molecule has 0 spiro atoms. The third-order valence-corrected chi connectivity index (χ3v) is 7.10. The summed E-state index contributed by atoms with van der Waals surface area (Å²) in [6.45, 7) is 5.54. The first-order valence-corrected chi connectivity index (χ1v) is 12.4. The van der Waals surface area contributed by atoms with Gasteiger partial charge >= 0.3 is 0 Å². The van der Waals surface area contributed by atoms with Gasteiger partial charge in [0, 0.05) is 44.5 Å². The number of likely N-dealkylation sites (N-methyl/N-ethyl adjacent to an activating group) is 1. The van der Waals surface area contributed by atoms with Gasteiger partial charge in [-0.15, -0.1) is 5.10 Å². The lowest BCUT2D eigenvalue weighted by Crippen LogP contribution is -2.44. The number of nitrogens with one attached hydrogen (secondary N) is 1. The third kappa shape index (κ3) is 4.39. The van der Waals surface area contributed by atoms with Crippen molar-refractivity contribution in [1.82, 2.24) is 34.6 Å². The minimum absolute atomic E-state index is 0.00302. The molecule has 11 heteroatoms. The van der Waals surface area contributed by atoms with E-state index in [0.717, 1.165) is 61.8 Å². The Morgan fingerprint density at radius 3 is 2.62 bits per heavy atom. The second-order valence-electron chi connectivity index (χ2n) is 9.80. The number of carbonyl (C=O) groups is 1. The summed E-state index contributed by atoms with van der Waals surface area (Å²) in [6.07, 6.45) is 7.42. The van der Waals surface area contributed by atoms with Gasteiger partial charge < -0.3 is 19.9 Å². The summed E-state index contributed by atoms with van der Waals surface area (Å²) in [6, 6.07) is 4.96. The van der Waals surface area contributed by atoms with Crippen molar-refractivity contribution in [2.45, 2.75) is 25.8 Å². The van der Waals surface area contributed by atoms with Gasteiger partial charge in [-0.2, -0.15) is 0 Å². The first kappa shape index (κ1) is 23.4. The number of amides is 1. The van der Waals surface area contributed by atoms with E-state index in [1.807, 2.05) is 16.7 Å². The second kappa shape index (κ2) is 9.15. The van der Waals surface area contributed by atoms with E-state index in [2.05, 4.69) is 37.5 Å². The van der Waals surface area contributed by atoms with Crippen LogP contribution in [0.2, 0.25) is 0 Å². The lowest BCUT2D eigenvalue weighted by molar-refractivity contribution is 0.0947. The zero-order valence-corrected chi connectivity index (χ0v) is 21.1. The second-order valence-corrected chi connectivity index (χ2v) is 9.80. The number of pyridine rings is 1.